The predicted octanol–water partition coefficient (Wildman–Crippen LogP) is 2.65. The molecule has 2 unspecified atom stereocenters. The van der Waals surface area contributed by atoms with Gasteiger partial charge in [-0.25, -0.2) is 14.8 Å². The summed E-state index contributed by atoms with van der Waals surface area (Å²) in [7, 11) is 0. The number of urea groups is 1. The Kier molecular flexibility index (Phi) is 5.54. The average molecular weight is 348 g/mol. The fourth-order valence-corrected chi connectivity index (χ4v) is 3.49. The van der Waals surface area contributed by atoms with Gasteiger partial charge in [0, 0.05) is 30.8 Å². The highest BCUT2D eigenvalue weighted by atomic mass is 16.7. The van der Waals surface area contributed by atoms with Crippen molar-refractivity contribution in [3.63, 3.8) is 0 Å². The van der Waals surface area contributed by atoms with Crippen LogP contribution in [0.4, 0.5) is 10.7 Å². The first-order valence-electron chi connectivity index (χ1n) is 9.20. The van der Waals surface area contributed by atoms with Crippen molar-refractivity contribution in [1.82, 2.24) is 15.3 Å². The van der Waals surface area contributed by atoms with Gasteiger partial charge >= 0.3 is 6.03 Å². The number of hydrogen-bond acceptors (Lipinski definition) is 5. The van der Waals surface area contributed by atoms with Crippen molar-refractivity contribution in [3.8, 4) is 0 Å². The first-order chi connectivity index (χ1) is 12.0. The second-order valence-electron chi connectivity index (χ2n) is 7.20. The Morgan fingerprint density at radius 3 is 2.84 bits per heavy atom. The molecule has 0 saturated carbocycles. The molecule has 1 saturated heterocycles. The lowest BCUT2D eigenvalue weighted by Gasteiger charge is -2.32. The molecule has 1 aliphatic heterocycles. The summed E-state index contributed by atoms with van der Waals surface area (Å²) in [5.74, 6) is 0.437. The molecule has 138 valence electrons. The minimum absolute atomic E-state index is 0.115. The summed E-state index contributed by atoms with van der Waals surface area (Å²) in [5.41, 5.74) is 1.99. The Bertz CT molecular complexity index is 616. The van der Waals surface area contributed by atoms with Crippen molar-refractivity contribution in [3.05, 3.63) is 17.5 Å². The van der Waals surface area contributed by atoms with Crippen molar-refractivity contribution >= 4 is 12.0 Å². The molecule has 7 nitrogen and oxygen atoms in total. The maximum atomic E-state index is 12.1. The molecule has 7 heteroatoms. The molecule has 0 aromatic carbocycles. The quantitative estimate of drug-likeness (QED) is 0.854. The Labute approximate surface area is 148 Å². The van der Waals surface area contributed by atoms with Gasteiger partial charge in [0.1, 0.15) is 0 Å². The molecule has 2 amide bonds. The fraction of sp³-hybridized carbons (Fsp3) is 0.722. The molecule has 3 rings (SSSR count). The normalized spacial score (nSPS) is 20.8. The highest BCUT2D eigenvalue weighted by Gasteiger charge is 2.40. The molecular formula is C18H28N4O3. The van der Waals surface area contributed by atoms with Crippen LogP contribution in [-0.2, 0) is 22.3 Å². The third-order valence-corrected chi connectivity index (χ3v) is 5.03. The third kappa shape index (κ3) is 4.46. The molecule has 2 atom stereocenters. The molecule has 25 heavy (non-hydrogen) atoms. The number of nitrogens with one attached hydrogen (secondary N) is 2. The van der Waals surface area contributed by atoms with E-state index in [0.29, 0.717) is 31.5 Å². The zero-order chi connectivity index (χ0) is 17.9. The van der Waals surface area contributed by atoms with Crippen LogP contribution in [0.5, 0.6) is 0 Å². The van der Waals surface area contributed by atoms with Gasteiger partial charge in [0.2, 0.25) is 5.95 Å². The first-order valence-corrected chi connectivity index (χ1v) is 9.20. The second kappa shape index (κ2) is 7.66. The van der Waals surface area contributed by atoms with Crippen LogP contribution >= 0.6 is 0 Å². The van der Waals surface area contributed by atoms with Gasteiger partial charge in [-0.05, 0) is 31.2 Å². The van der Waals surface area contributed by atoms with Crippen molar-refractivity contribution in [1.29, 1.82) is 0 Å². The molecule has 1 aromatic heterocycles. The van der Waals surface area contributed by atoms with E-state index in [0.717, 1.165) is 36.9 Å². The Balaban J connectivity index is 1.57. The molecule has 2 heterocycles. The monoisotopic (exact) mass is 348 g/mol. The molecule has 1 aliphatic carbocycles. The van der Waals surface area contributed by atoms with E-state index in [9.17, 15) is 4.79 Å². The maximum Gasteiger partial charge on any atom is 0.321 e. The molecule has 0 radical (unpaired) electrons. The van der Waals surface area contributed by atoms with Crippen molar-refractivity contribution in [2.45, 2.75) is 64.7 Å². The van der Waals surface area contributed by atoms with Crippen LogP contribution in [0, 0.1) is 5.92 Å². The second-order valence-corrected chi connectivity index (χ2v) is 7.20. The molecule has 1 aromatic rings. The predicted molar refractivity (Wildman–Crippen MR) is 94.4 cm³/mol. The lowest BCUT2D eigenvalue weighted by Crippen LogP contribution is -2.38. The van der Waals surface area contributed by atoms with Crippen molar-refractivity contribution in [2.24, 2.45) is 5.92 Å². The minimum Gasteiger partial charge on any atom is -0.347 e. The van der Waals surface area contributed by atoms with E-state index in [1.54, 1.807) is 6.20 Å². The van der Waals surface area contributed by atoms with E-state index in [2.05, 4.69) is 34.4 Å². The minimum atomic E-state index is -0.492. The Hall–Kier alpha value is -1.73. The van der Waals surface area contributed by atoms with Gasteiger partial charge in [0.05, 0.1) is 13.2 Å². The zero-order valence-corrected chi connectivity index (χ0v) is 15.3. The number of fused-ring (bicyclic) bond motifs is 1. The van der Waals surface area contributed by atoms with Gasteiger partial charge in [-0.15, -0.1) is 0 Å². The number of carbonyl (C=O) groups is 1. The lowest BCUT2D eigenvalue weighted by molar-refractivity contribution is -0.164. The van der Waals surface area contributed by atoms with E-state index in [1.807, 2.05) is 6.92 Å². The summed E-state index contributed by atoms with van der Waals surface area (Å²) in [5, 5.41) is 5.68. The highest BCUT2D eigenvalue weighted by molar-refractivity contribution is 5.87. The summed E-state index contributed by atoms with van der Waals surface area (Å²) >= 11 is 0. The molecule has 2 aliphatic rings. The van der Waals surface area contributed by atoms with Crippen LogP contribution in [0.25, 0.3) is 0 Å². The molecule has 1 fully saturated rings. The van der Waals surface area contributed by atoms with Gasteiger partial charge in [-0.3, -0.25) is 5.32 Å². The molecule has 1 spiro atoms. The van der Waals surface area contributed by atoms with Gasteiger partial charge in [-0.1, -0.05) is 20.3 Å². The number of nitrogens with zero attached hydrogens (tertiary/aromatic N) is 2. The largest absolute Gasteiger partial charge is 0.347 e. The number of ether oxygens (including phenoxy) is 2. The Morgan fingerprint density at radius 2 is 2.12 bits per heavy atom. The van der Waals surface area contributed by atoms with Crippen LogP contribution in [0.15, 0.2) is 6.20 Å². The van der Waals surface area contributed by atoms with Gasteiger partial charge in [0.25, 0.3) is 0 Å². The Morgan fingerprint density at radius 1 is 1.36 bits per heavy atom. The number of aromatic nitrogens is 2. The van der Waals surface area contributed by atoms with E-state index >= 15 is 0 Å². The standard InChI is InChI=1S/C18H28N4O3/c1-4-12(2)9-13(3)20-17(23)22-16-19-11-14-10-18(24-7-8-25-18)6-5-15(14)21-16/h11-13H,4-10H2,1-3H3,(H2,19,20,21,22,23). The number of aryl methyl sites for hydroxylation is 1. The van der Waals surface area contributed by atoms with Gasteiger partial charge in [0.15, 0.2) is 5.79 Å². The summed E-state index contributed by atoms with van der Waals surface area (Å²) < 4.78 is 11.5. The van der Waals surface area contributed by atoms with Crippen molar-refractivity contribution in [2.75, 3.05) is 18.5 Å². The number of hydrogen-bond donors (Lipinski definition) is 2. The van der Waals surface area contributed by atoms with Gasteiger partial charge in [-0.2, -0.15) is 0 Å². The van der Waals surface area contributed by atoms with Crippen LogP contribution in [0.2, 0.25) is 0 Å². The topological polar surface area (TPSA) is 85.4 Å². The smallest absolute Gasteiger partial charge is 0.321 e. The maximum absolute atomic E-state index is 12.1. The molecular weight excluding hydrogens is 320 g/mol. The molecule has 2 N–H and O–H groups in total. The van der Waals surface area contributed by atoms with E-state index in [-0.39, 0.29) is 12.1 Å². The summed E-state index contributed by atoms with van der Waals surface area (Å²) in [4.78, 5) is 20.9. The highest BCUT2D eigenvalue weighted by Crippen LogP contribution is 2.34. The average Bonchev–Trinajstić information content (AvgIpc) is 3.02. The fourth-order valence-electron chi connectivity index (χ4n) is 3.49. The zero-order valence-electron chi connectivity index (χ0n) is 15.3. The SMILES string of the molecule is CCC(C)CC(C)NC(=O)Nc1ncc2c(n1)CCC1(C2)OCCO1. The lowest BCUT2D eigenvalue weighted by atomic mass is 9.92. The summed E-state index contributed by atoms with van der Waals surface area (Å²) in [6.07, 6.45) is 6.05. The summed E-state index contributed by atoms with van der Waals surface area (Å²) in [6.45, 7) is 7.65. The van der Waals surface area contributed by atoms with Crippen molar-refractivity contribution < 1.29 is 14.3 Å². The number of amides is 2. The number of anilines is 1. The van der Waals surface area contributed by atoms with Crippen LogP contribution in [-0.4, -0.2) is 41.0 Å². The number of rotatable bonds is 5. The van der Waals surface area contributed by atoms with E-state index in [4.69, 9.17) is 9.47 Å². The first kappa shape index (κ1) is 18.1. The van der Waals surface area contributed by atoms with Crippen LogP contribution in [0.3, 0.4) is 0 Å². The summed E-state index contributed by atoms with van der Waals surface area (Å²) in [6, 6.07) is -0.144. The van der Waals surface area contributed by atoms with E-state index < -0.39 is 5.79 Å². The van der Waals surface area contributed by atoms with Crippen LogP contribution < -0.4 is 10.6 Å². The van der Waals surface area contributed by atoms with Crippen LogP contribution in [0.1, 0.15) is 51.3 Å². The molecule has 0 bridgehead atoms. The van der Waals surface area contributed by atoms with E-state index in [1.165, 1.54) is 0 Å². The third-order valence-electron chi connectivity index (χ3n) is 5.03. The number of carbonyl (C=O) groups excluding carboxylic acids is 1. The van der Waals surface area contributed by atoms with Gasteiger partial charge < -0.3 is 14.8 Å².